The van der Waals surface area contributed by atoms with E-state index in [0.29, 0.717) is 28.0 Å². The van der Waals surface area contributed by atoms with Gasteiger partial charge in [-0.3, -0.25) is 14.5 Å². The van der Waals surface area contributed by atoms with Gasteiger partial charge < -0.3 is 14.6 Å². The largest absolute Gasteiger partial charge is 0.497 e. The highest BCUT2D eigenvalue weighted by Gasteiger charge is 2.34. The van der Waals surface area contributed by atoms with Crippen LogP contribution in [0.2, 0.25) is 0 Å². The van der Waals surface area contributed by atoms with Gasteiger partial charge in [0.15, 0.2) is 11.0 Å². The van der Waals surface area contributed by atoms with E-state index in [0.717, 1.165) is 5.56 Å². The number of hydrogen-bond acceptors (Lipinski definition) is 6. The maximum Gasteiger partial charge on any atom is 0.248 e. The first-order chi connectivity index (χ1) is 19.1. The van der Waals surface area contributed by atoms with Crippen LogP contribution in [0.15, 0.2) is 84.0 Å². The van der Waals surface area contributed by atoms with Crippen LogP contribution in [0.3, 0.4) is 0 Å². The molecule has 1 N–H and O–H groups in total. The highest BCUT2D eigenvalue weighted by molar-refractivity contribution is 7.99. The van der Waals surface area contributed by atoms with Crippen LogP contribution in [0.25, 0.3) is 11.4 Å². The quantitative estimate of drug-likeness (QED) is 0.275. The Morgan fingerprint density at radius 2 is 1.65 bits per heavy atom. The van der Waals surface area contributed by atoms with E-state index in [-0.39, 0.29) is 11.7 Å². The zero-order valence-corrected chi connectivity index (χ0v) is 23.9. The summed E-state index contributed by atoms with van der Waals surface area (Å²) in [6.07, 6.45) is 0. The zero-order chi connectivity index (χ0) is 28.9. The van der Waals surface area contributed by atoms with Crippen LogP contribution >= 0.6 is 11.8 Å². The van der Waals surface area contributed by atoms with Gasteiger partial charge in [0, 0.05) is 23.8 Å². The molecule has 0 aliphatic heterocycles. The molecule has 0 fully saturated rings. The number of halogens is 1. The van der Waals surface area contributed by atoms with Gasteiger partial charge in [-0.05, 0) is 62.7 Å². The Balaban J connectivity index is 1.70. The summed E-state index contributed by atoms with van der Waals surface area (Å²) < 4.78 is 21.0. The first-order valence-electron chi connectivity index (χ1n) is 12.7. The van der Waals surface area contributed by atoms with E-state index in [1.54, 1.807) is 31.4 Å². The Kier molecular flexibility index (Phi) is 8.89. The first kappa shape index (κ1) is 28.8. The molecule has 0 aliphatic rings. The summed E-state index contributed by atoms with van der Waals surface area (Å²) >= 11 is 1.22. The van der Waals surface area contributed by atoms with Crippen molar-refractivity contribution in [3.8, 4) is 17.1 Å². The Morgan fingerprint density at radius 3 is 2.25 bits per heavy atom. The molecule has 0 spiro atoms. The van der Waals surface area contributed by atoms with E-state index in [1.165, 1.54) is 40.9 Å². The minimum absolute atomic E-state index is 0.0206. The number of carbonyl (C=O) groups excluding carboxylic acids is 2. The molecule has 1 unspecified atom stereocenters. The predicted octanol–water partition coefficient (Wildman–Crippen LogP) is 5.41. The Labute approximate surface area is 237 Å². The number of methoxy groups -OCH3 is 1. The molecule has 208 valence electrons. The van der Waals surface area contributed by atoms with Gasteiger partial charge in [-0.15, -0.1) is 10.2 Å². The molecule has 3 aromatic carbocycles. The molecule has 10 heteroatoms. The molecule has 2 amide bonds. The number of anilines is 1. The second-order valence-electron chi connectivity index (χ2n) is 10.2. The predicted molar refractivity (Wildman–Crippen MR) is 155 cm³/mol. The highest BCUT2D eigenvalue weighted by atomic mass is 32.2. The van der Waals surface area contributed by atoms with Gasteiger partial charge in [0.05, 0.1) is 12.9 Å². The second kappa shape index (κ2) is 12.3. The van der Waals surface area contributed by atoms with E-state index in [2.05, 4.69) is 15.5 Å². The van der Waals surface area contributed by atoms with Crippen molar-refractivity contribution >= 4 is 29.3 Å². The molecule has 0 aliphatic carbocycles. The molecule has 8 nitrogen and oxygen atoms in total. The third kappa shape index (κ3) is 6.87. The van der Waals surface area contributed by atoms with Crippen LogP contribution in [0.1, 0.15) is 32.4 Å². The van der Waals surface area contributed by atoms with Crippen LogP contribution in [-0.2, 0) is 16.6 Å². The standard InChI is InChI=1S/C30H32FN5O3S/c1-30(2,3)32-28(38)26(20-11-13-22(31)14-12-20)36(23-15-17-24(39-5)18-16-23)25(37)19-40-29-34-33-27(35(29)4)21-9-7-6-8-10-21/h6-18,26H,19H2,1-5H3,(H,32,38). The summed E-state index contributed by atoms with van der Waals surface area (Å²) in [7, 11) is 3.39. The number of nitrogens with zero attached hydrogens (tertiary/aromatic N) is 4. The Morgan fingerprint density at radius 1 is 1.00 bits per heavy atom. The average Bonchev–Trinajstić information content (AvgIpc) is 3.30. The van der Waals surface area contributed by atoms with Crippen LogP contribution in [0, 0.1) is 5.82 Å². The van der Waals surface area contributed by atoms with Gasteiger partial charge in [-0.2, -0.15) is 0 Å². The van der Waals surface area contributed by atoms with Crippen molar-refractivity contribution in [1.82, 2.24) is 20.1 Å². The zero-order valence-electron chi connectivity index (χ0n) is 23.1. The number of thioether (sulfide) groups is 1. The first-order valence-corrected chi connectivity index (χ1v) is 13.7. The number of ether oxygens (including phenoxy) is 1. The van der Waals surface area contributed by atoms with Gasteiger partial charge in [-0.1, -0.05) is 54.2 Å². The van der Waals surface area contributed by atoms with Crippen LogP contribution in [0.4, 0.5) is 10.1 Å². The fraction of sp³-hybridized carbons (Fsp3) is 0.267. The maximum atomic E-state index is 14.0. The minimum atomic E-state index is -1.05. The number of rotatable bonds is 9. The molecule has 1 atom stereocenters. The minimum Gasteiger partial charge on any atom is -0.497 e. The molecule has 0 saturated heterocycles. The fourth-order valence-electron chi connectivity index (χ4n) is 4.16. The smallest absolute Gasteiger partial charge is 0.248 e. The number of nitrogens with one attached hydrogen (secondary N) is 1. The summed E-state index contributed by atoms with van der Waals surface area (Å²) in [5.74, 6) is 0.101. The highest BCUT2D eigenvalue weighted by Crippen LogP contribution is 2.32. The topological polar surface area (TPSA) is 89.3 Å². The van der Waals surface area contributed by atoms with Crippen LogP contribution < -0.4 is 15.0 Å². The van der Waals surface area contributed by atoms with E-state index in [9.17, 15) is 14.0 Å². The molecular formula is C30H32FN5O3S. The Hall–Kier alpha value is -4.18. The molecule has 0 bridgehead atoms. The molecule has 4 rings (SSSR count). The van der Waals surface area contributed by atoms with Crippen molar-refractivity contribution in [2.75, 3.05) is 17.8 Å². The van der Waals surface area contributed by atoms with Gasteiger partial charge in [0.1, 0.15) is 17.6 Å². The Bertz CT molecular complexity index is 1450. The lowest BCUT2D eigenvalue weighted by molar-refractivity contribution is -0.127. The van der Waals surface area contributed by atoms with Crippen molar-refractivity contribution in [3.05, 3.63) is 90.2 Å². The monoisotopic (exact) mass is 561 g/mol. The van der Waals surface area contributed by atoms with Crippen LogP contribution in [-0.4, -0.2) is 45.0 Å². The summed E-state index contributed by atoms with van der Waals surface area (Å²) in [5, 5.41) is 12.1. The summed E-state index contributed by atoms with van der Waals surface area (Å²) in [4.78, 5) is 29.1. The van der Waals surface area contributed by atoms with E-state index in [4.69, 9.17) is 4.74 Å². The van der Waals surface area contributed by atoms with Gasteiger partial charge in [0.2, 0.25) is 11.8 Å². The second-order valence-corrected chi connectivity index (χ2v) is 11.1. The van der Waals surface area contributed by atoms with Crippen LogP contribution in [0.5, 0.6) is 5.75 Å². The van der Waals surface area contributed by atoms with Crippen molar-refractivity contribution in [1.29, 1.82) is 0 Å². The molecule has 4 aromatic rings. The number of hydrogen-bond donors (Lipinski definition) is 1. The maximum absolute atomic E-state index is 14.0. The summed E-state index contributed by atoms with van der Waals surface area (Å²) in [5.41, 5.74) is 1.31. The molecular weight excluding hydrogens is 529 g/mol. The van der Waals surface area contributed by atoms with E-state index in [1.807, 2.05) is 62.7 Å². The lowest BCUT2D eigenvalue weighted by Gasteiger charge is -2.34. The summed E-state index contributed by atoms with van der Waals surface area (Å²) in [6, 6.07) is 21.1. The number of carbonyl (C=O) groups is 2. The van der Waals surface area contributed by atoms with Gasteiger partial charge in [-0.25, -0.2) is 4.39 Å². The molecule has 0 saturated carbocycles. The third-order valence-corrected chi connectivity index (χ3v) is 7.01. The molecule has 0 radical (unpaired) electrons. The summed E-state index contributed by atoms with van der Waals surface area (Å²) in [6.45, 7) is 5.58. The fourth-order valence-corrected chi connectivity index (χ4v) is 4.93. The molecule has 40 heavy (non-hydrogen) atoms. The SMILES string of the molecule is COc1ccc(N(C(=O)CSc2nnc(-c3ccccc3)n2C)C(C(=O)NC(C)(C)C)c2ccc(F)cc2)cc1. The van der Waals surface area contributed by atoms with Crippen molar-refractivity contribution in [3.63, 3.8) is 0 Å². The average molecular weight is 562 g/mol. The normalized spacial score (nSPS) is 12.1. The van der Waals surface area contributed by atoms with E-state index >= 15 is 0 Å². The number of benzene rings is 3. The van der Waals surface area contributed by atoms with Crippen molar-refractivity contribution < 1.29 is 18.7 Å². The lowest BCUT2D eigenvalue weighted by Crippen LogP contribution is -2.50. The van der Waals surface area contributed by atoms with Crippen molar-refractivity contribution in [2.45, 2.75) is 37.5 Å². The van der Waals surface area contributed by atoms with Gasteiger partial charge in [0.25, 0.3) is 0 Å². The lowest BCUT2D eigenvalue weighted by atomic mass is 10.0. The third-order valence-electron chi connectivity index (χ3n) is 6.00. The molecule has 1 aromatic heterocycles. The van der Waals surface area contributed by atoms with Crippen molar-refractivity contribution in [2.24, 2.45) is 7.05 Å². The number of aromatic nitrogens is 3. The number of amides is 2. The van der Waals surface area contributed by atoms with E-state index < -0.39 is 23.3 Å². The molecule has 1 heterocycles. The van der Waals surface area contributed by atoms with Gasteiger partial charge >= 0.3 is 0 Å².